The van der Waals surface area contributed by atoms with E-state index in [0.717, 1.165) is 15.5 Å². The topological polar surface area (TPSA) is 47.6 Å². The van der Waals surface area contributed by atoms with Crippen molar-refractivity contribution in [2.75, 3.05) is 19.5 Å². The molecule has 3 aromatic carbocycles. The number of hydrogen-bond donors (Lipinski definition) is 1. The molecule has 0 heterocycles. The third-order valence-electron chi connectivity index (χ3n) is 3.76. The molecule has 4 nitrogen and oxygen atoms in total. The molecule has 0 fully saturated rings. The molecular formula is C21H19NO3S. The van der Waals surface area contributed by atoms with Crippen molar-refractivity contribution in [2.24, 2.45) is 0 Å². The lowest BCUT2D eigenvalue weighted by Crippen LogP contribution is -2.14. The molecule has 132 valence electrons. The van der Waals surface area contributed by atoms with Crippen molar-refractivity contribution in [3.05, 3.63) is 78.4 Å². The van der Waals surface area contributed by atoms with Gasteiger partial charge in [0.15, 0.2) is 0 Å². The summed E-state index contributed by atoms with van der Waals surface area (Å²) < 4.78 is 10.5. The molecule has 0 aromatic heterocycles. The standard InChI is InChI=1S/C21H19NO3S/c1-24-15-12-13-19(25-2)17(14-15)21(23)22-18-10-6-7-11-20(18)26-16-8-4-3-5-9-16/h3-14H,1-2H3,(H,22,23). The summed E-state index contributed by atoms with van der Waals surface area (Å²) >= 11 is 1.60. The second kappa shape index (κ2) is 8.45. The van der Waals surface area contributed by atoms with Crippen LogP contribution in [0.5, 0.6) is 11.5 Å². The van der Waals surface area contributed by atoms with Crippen molar-refractivity contribution in [3.8, 4) is 11.5 Å². The van der Waals surface area contributed by atoms with Crippen LogP contribution in [0, 0.1) is 0 Å². The van der Waals surface area contributed by atoms with Gasteiger partial charge in [-0.2, -0.15) is 0 Å². The number of benzene rings is 3. The van der Waals surface area contributed by atoms with Gasteiger partial charge in [-0.25, -0.2) is 0 Å². The number of rotatable bonds is 6. The van der Waals surface area contributed by atoms with Crippen LogP contribution >= 0.6 is 11.8 Å². The van der Waals surface area contributed by atoms with Crippen LogP contribution in [-0.4, -0.2) is 20.1 Å². The summed E-state index contributed by atoms with van der Waals surface area (Å²) in [6.07, 6.45) is 0. The molecule has 0 aliphatic rings. The summed E-state index contributed by atoms with van der Waals surface area (Å²) in [5.74, 6) is 0.848. The first kappa shape index (κ1) is 17.9. The molecule has 1 N–H and O–H groups in total. The fourth-order valence-corrected chi connectivity index (χ4v) is 3.38. The first-order valence-electron chi connectivity index (χ1n) is 8.06. The first-order chi connectivity index (χ1) is 12.7. The Labute approximate surface area is 157 Å². The molecular weight excluding hydrogens is 346 g/mol. The van der Waals surface area contributed by atoms with Gasteiger partial charge >= 0.3 is 0 Å². The van der Waals surface area contributed by atoms with Crippen molar-refractivity contribution in [2.45, 2.75) is 9.79 Å². The Hall–Kier alpha value is -2.92. The molecule has 0 radical (unpaired) electrons. The Kier molecular flexibility index (Phi) is 5.81. The van der Waals surface area contributed by atoms with Crippen molar-refractivity contribution in [1.82, 2.24) is 0 Å². The van der Waals surface area contributed by atoms with Gasteiger partial charge in [-0.15, -0.1) is 0 Å². The van der Waals surface area contributed by atoms with Gasteiger partial charge in [-0.3, -0.25) is 4.79 Å². The Morgan fingerprint density at radius 1 is 0.885 bits per heavy atom. The Morgan fingerprint density at radius 2 is 1.62 bits per heavy atom. The third-order valence-corrected chi connectivity index (χ3v) is 4.84. The van der Waals surface area contributed by atoms with Gasteiger partial charge in [0.1, 0.15) is 11.5 Å². The largest absolute Gasteiger partial charge is 0.497 e. The van der Waals surface area contributed by atoms with Crippen LogP contribution < -0.4 is 14.8 Å². The SMILES string of the molecule is COc1ccc(OC)c(C(=O)Nc2ccccc2Sc2ccccc2)c1. The highest BCUT2D eigenvalue weighted by atomic mass is 32.2. The summed E-state index contributed by atoms with van der Waals surface area (Å²) in [6.45, 7) is 0. The number of ether oxygens (including phenoxy) is 2. The fraction of sp³-hybridized carbons (Fsp3) is 0.0952. The molecule has 26 heavy (non-hydrogen) atoms. The van der Waals surface area contributed by atoms with E-state index in [1.807, 2.05) is 54.6 Å². The van der Waals surface area contributed by atoms with Gasteiger partial charge in [0.2, 0.25) is 0 Å². The Balaban J connectivity index is 1.86. The van der Waals surface area contributed by atoms with Crippen molar-refractivity contribution in [1.29, 1.82) is 0 Å². The van der Waals surface area contributed by atoms with E-state index in [1.54, 1.807) is 37.1 Å². The van der Waals surface area contributed by atoms with E-state index >= 15 is 0 Å². The highest BCUT2D eigenvalue weighted by Gasteiger charge is 2.15. The second-order valence-electron chi connectivity index (χ2n) is 5.43. The summed E-state index contributed by atoms with van der Waals surface area (Å²) in [4.78, 5) is 14.9. The van der Waals surface area contributed by atoms with Crippen LogP contribution in [0.3, 0.4) is 0 Å². The van der Waals surface area contributed by atoms with Crippen LogP contribution in [0.25, 0.3) is 0 Å². The zero-order valence-electron chi connectivity index (χ0n) is 14.6. The minimum atomic E-state index is -0.248. The van der Waals surface area contributed by atoms with E-state index in [2.05, 4.69) is 5.32 Å². The highest BCUT2D eigenvalue weighted by molar-refractivity contribution is 7.99. The zero-order valence-corrected chi connectivity index (χ0v) is 15.4. The number of carbonyl (C=O) groups excluding carboxylic acids is 1. The Morgan fingerprint density at radius 3 is 2.35 bits per heavy atom. The molecule has 0 bridgehead atoms. The van der Waals surface area contributed by atoms with E-state index in [0.29, 0.717) is 17.1 Å². The maximum absolute atomic E-state index is 12.8. The maximum atomic E-state index is 12.8. The molecule has 0 aliphatic carbocycles. The molecule has 3 rings (SSSR count). The monoisotopic (exact) mass is 365 g/mol. The maximum Gasteiger partial charge on any atom is 0.259 e. The van der Waals surface area contributed by atoms with Crippen LogP contribution in [0.15, 0.2) is 82.6 Å². The van der Waals surface area contributed by atoms with Crippen LogP contribution in [-0.2, 0) is 0 Å². The number of anilines is 1. The summed E-state index contributed by atoms with van der Waals surface area (Å²) in [5, 5.41) is 2.98. The van der Waals surface area contributed by atoms with Crippen molar-refractivity contribution in [3.63, 3.8) is 0 Å². The normalized spacial score (nSPS) is 10.2. The lowest BCUT2D eigenvalue weighted by molar-refractivity contribution is 0.102. The molecule has 0 unspecified atom stereocenters. The molecule has 1 amide bonds. The first-order valence-corrected chi connectivity index (χ1v) is 8.88. The lowest BCUT2D eigenvalue weighted by Gasteiger charge is -2.13. The average Bonchev–Trinajstić information content (AvgIpc) is 2.69. The van der Waals surface area contributed by atoms with Gasteiger partial charge < -0.3 is 14.8 Å². The van der Waals surface area contributed by atoms with Gasteiger partial charge in [0.25, 0.3) is 5.91 Å². The van der Waals surface area contributed by atoms with Crippen LogP contribution in [0.2, 0.25) is 0 Å². The number of hydrogen-bond acceptors (Lipinski definition) is 4. The highest BCUT2D eigenvalue weighted by Crippen LogP contribution is 2.34. The van der Waals surface area contributed by atoms with E-state index in [9.17, 15) is 4.79 Å². The molecule has 5 heteroatoms. The smallest absolute Gasteiger partial charge is 0.259 e. The van der Waals surface area contributed by atoms with Gasteiger partial charge in [0.05, 0.1) is 25.5 Å². The summed E-state index contributed by atoms with van der Waals surface area (Å²) in [5.41, 5.74) is 1.17. The molecule has 3 aromatic rings. The quantitative estimate of drug-likeness (QED) is 0.660. The minimum Gasteiger partial charge on any atom is -0.497 e. The number of para-hydroxylation sites is 1. The van der Waals surface area contributed by atoms with E-state index in [1.165, 1.54) is 7.11 Å². The van der Waals surface area contributed by atoms with Crippen LogP contribution in [0.4, 0.5) is 5.69 Å². The molecule has 0 spiro atoms. The summed E-state index contributed by atoms with van der Waals surface area (Å²) in [7, 11) is 3.10. The number of methoxy groups -OCH3 is 2. The number of carbonyl (C=O) groups is 1. The second-order valence-corrected chi connectivity index (χ2v) is 6.55. The van der Waals surface area contributed by atoms with E-state index < -0.39 is 0 Å². The van der Waals surface area contributed by atoms with Crippen molar-refractivity contribution >= 4 is 23.4 Å². The van der Waals surface area contributed by atoms with Gasteiger partial charge in [0, 0.05) is 9.79 Å². The number of amides is 1. The molecule has 0 atom stereocenters. The predicted molar refractivity (Wildman–Crippen MR) is 105 cm³/mol. The average molecular weight is 365 g/mol. The molecule has 0 aliphatic heterocycles. The van der Waals surface area contributed by atoms with Crippen molar-refractivity contribution < 1.29 is 14.3 Å². The minimum absolute atomic E-state index is 0.248. The van der Waals surface area contributed by atoms with E-state index in [4.69, 9.17) is 9.47 Å². The Bertz CT molecular complexity index is 897. The van der Waals surface area contributed by atoms with Crippen LogP contribution in [0.1, 0.15) is 10.4 Å². The third kappa shape index (κ3) is 4.18. The fourth-order valence-electron chi connectivity index (χ4n) is 2.46. The molecule has 0 saturated heterocycles. The zero-order chi connectivity index (χ0) is 18.4. The molecule has 0 saturated carbocycles. The summed E-state index contributed by atoms with van der Waals surface area (Å²) in [6, 6.07) is 22.9. The number of nitrogens with one attached hydrogen (secondary N) is 1. The lowest BCUT2D eigenvalue weighted by atomic mass is 10.1. The van der Waals surface area contributed by atoms with Gasteiger partial charge in [-0.05, 0) is 42.5 Å². The van der Waals surface area contributed by atoms with E-state index in [-0.39, 0.29) is 5.91 Å². The predicted octanol–water partition coefficient (Wildman–Crippen LogP) is 5.11. The van der Waals surface area contributed by atoms with Gasteiger partial charge in [-0.1, -0.05) is 42.1 Å².